The molecule has 0 fully saturated rings. The Morgan fingerprint density at radius 1 is 1.42 bits per heavy atom. The summed E-state index contributed by atoms with van der Waals surface area (Å²) in [6.07, 6.45) is -4.71. The van der Waals surface area contributed by atoms with Gasteiger partial charge in [0.05, 0.1) is 5.92 Å². The summed E-state index contributed by atoms with van der Waals surface area (Å²) >= 11 is 0. The first-order valence-corrected chi connectivity index (χ1v) is 5.09. The summed E-state index contributed by atoms with van der Waals surface area (Å²) in [4.78, 5) is 10.8. The zero-order valence-corrected chi connectivity index (χ0v) is 10.5. The van der Waals surface area contributed by atoms with Crippen LogP contribution in [-0.2, 0) is 11.2 Å². The summed E-state index contributed by atoms with van der Waals surface area (Å²) in [5.74, 6) is -2.29. The normalized spacial score (nSPS) is 12.4. The lowest BCUT2D eigenvalue weighted by Gasteiger charge is -2.12. The lowest BCUT2D eigenvalue weighted by Crippen LogP contribution is -2.25. The number of carboxylic acids is 1. The molecule has 0 aromatic heterocycles. The van der Waals surface area contributed by atoms with E-state index in [2.05, 4.69) is 4.74 Å². The molecule has 0 unspecified atom stereocenters. The Kier molecular flexibility index (Phi) is 6.64. The average molecular weight is 300 g/mol. The number of carboxylic acid groups (broad SMARTS) is 1. The molecule has 0 saturated heterocycles. The molecule has 19 heavy (non-hydrogen) atoms. The maximum atomic E-state index is 12.0. The van der Waals surface area contributed by atoms with Crippen molar-refractivity contribution in [1.82, 2.24) is 0 Å². The molecular weight excluding hydrogens is 287 g/mol. The molecular formula is C11H13ClF3NO3. The molecule has 4 nitrogen and oxygen atoms in total. The van der Waals surface area contributed by atoms with Gasteiger partial charge in [0.1, 0.15) is 5.75 Å². The van der Waals surface area contributed by atoms with E-state index in [4.69, 9.17) is 10.8 Å². The van der Waals surface area contributed by atoms with Gasteiger partial charge in [-0.05, 0) is 24.1 Å². The quantitative estimate of drug-likeness (QED) is 0.874. The molecule has 0 aliphatic heterocycles. The van der Waals surface area contributed by atoms with E-state index in [0.717, 1.165) is 12.1 Å². The lowest BCUT2D eigenvalue weighted by atomic mass is 9.99. The summed E-state index contributed by atoms with van der Waals surface area (Å²) in [5.41, 5.74) is 5.69. The molecule has 0 amide bonds. The van der Waals surface area contributed by atoms with Crippen molar-refractivity contribution < 1.29 is 27.8 Å². The van der Waals surface area contributed by atoms with E-state index in [1.165, 1.54) is 12.1 Å². The molecule has 1 atom stereocenters. The van der Waals surface area contributed by atoms with E-state index in [-0.39, 0.29) is 31.1 Å². The van der Waals surface area contributed by atoms with Gasteiger partial charge in [0, 0.05) is 6.54 Å². The number of halogens is 4. The van der Waals surface area contributed by atoms with Crippen LogP contribution in [-0.4, -0.2) is 24.0 Å². The van der Waals surface area contributed by atoms with Crippen LogP contribution in [0.3, 0.4) is 0 Å². The first-order valence-electron chi connectivity index (χ1n) is 5.09. The number of hydrogen-bond donors (Lipinski definition) is 2. The monoisotopic (exact) mass is 299 g/mol. The van der Waals surface area contributed by atoms with Gasteiger partial charge in [-0.3, -0.25) is 4.79 Å². The first-order chi connectivity index (χ1) is 8.31. The Bertz CT molecular complexity index is 426. The fourth-order valence-electron chi connectivity index (χ4n) is 1.43. The zero-order chi connectivity index (χ0) is 13.8. The molecule has 0 saturated carbocycles. The first kappa shape index (κ1) is 17.5. The Hall–Kier alpha value is -1.47. The van der Waals surface area contributed by atoms with Gasteiger partial charge in [-0.25, -0.2) is 0 Å². The fraction of sp³-hybridized carbons (Fsp3) is 0.364. The number of aliphatic carboxylic acids is 1. The van der Waals surface area contributed by atoms with Gasteiger partial charge in [0.15, 0.2) is 0 Å². The number of carbonyl (C=O) groups is 1. The summed E-state index contributed by atoms with van der Waals surface area (Å²) in [6.45, 7) is -0.0836. The van der Waals surface area contributed by atoms with Crippen LogP contribution in [0.15, 0.2) is 24.3 Å². The number of alkyl halides is 3. The highest BCUT2D eigenvalue weighted by molar-refractivity contribution is 5.85. The van der Waals surface area contributed by atoms with Crippen LogP contribution in [0.5, 0.6) is 5.75 Å². The van der Waals surface area contributed by atoms with Crippen LogP contribution in [0.25, 0.3) is 0 Å². The van der Waals surface area contributed by atoms with Gasteiger partial charge in [-0.1, -0.05) is 12.1 Å². The summed E-state index contributed by atoms with van der Waals surface area (Å²) < 4.78 is 39.7. The molecule has 0 aliphatic carbocycles. The second-order valence-electron chi connectivity index (χ2n) is 3.67. The van der Waals surface area contributed by atoms with Crippen molar-refractivity contribution in [1.29, 1.82) is 0 Å². The summed E-state index contributed by atoms with van der Waals surface area (Å²) in [6, 6.07) is 5.19. The van der Waals surface area contributed by atoms with Crippen LogP contribution in [0.2, 0.25) is 0 Å². The third-order valence-electron chi connectivity index (χ3n) is 2.25. The van der Waals surface area contributed by atoms with Gasteiger partial charge in [-0.2, -0.15) is 0 Å². The molecule has 108 valence electrons. The second-order valence-corrected chi connectivity index (χ2v) is 3.67. The minimum absolute atomic E-state index is 0. The van der Waals surface area contributed by atoms with Crippen molar-refractivity contribution in [3.63, 3.8) is 0 Å². The van der Waals surface area contributed by atoms with Crippen molar-refractivity contribution in [2.45, 2.75) is 12.8 Å². The molecule has 1 aromatic rings. The summed E-state index contributed by atoms with van der Waals surface area (Å²) in [7, 11) is 0. The Balaban J connectivity index is 0.00000324. The molecule has 0 heterocycles. The van der Waals surface area contributed by atoms with Crippen LogP contribution in [0.4, 0.5) is 13.2 Å². The van der Waals surface area contributed by atoms with Crippen molar-refractivity contribution in [2.24, 2.45) is 11.7 Å². The molecule has 0 spiro atoms. The Morgan fingerprint density at radius 2 is 2.05 bits per heavy atom. The predicted octanol–water partition coefficient (Wildman–Crippen LogP) is 2.21. The van der Waals surface area contributed by atoms with Gasteiger partial charge >= 0.3 is 12.3 Å². The summed E-state index contributed by atoms with van der Waals surface area (Å²) in [5, 5.41) is 8.80. The van der Waals surface area contributed by atoms with Gasteiger partial charge < -0.3 is 15.6 Å². The molecule has 3 N–H and O–H groups in total. The van der Waals surface area contributed by atoms with Crippen LogP contribution in [0, 0.1) is 5.92 Å². The Morgan fingerprint density at radius 3 is 2.53 bits per heavy atom. The van der Waals surface area contributed by atoms with E-state index >= 15 is 0 Å². The van der Waals surface area contributed by atoms with Crippen LogP contribution < -0.4 is 10.5 Å². The standard InChI is InChI=1S/C11H12F3NO3.ClH/c12-11(13,14)18-9-3-1-2-7(5-9)4-8(6-15)10(16)17;/h1-3,5,8H,4,6,15H2,(H,16,17);1H/t8-;/m0./s1. The molecule has 0 aliphatic rings. The van der Waals surface area contributed by atoms with Gasteiger partial charge in [0.25, 0.3) is 0 Å². The third-order valence-corrected chi connectivity index (χ3v) is 2.25. The van der Waals surface area contributed by atoms with Crippen LogP contribution in [0.1, 0.15) is 5.56 Å². The van der Waals surface area contributed by atoms with Crippen molar-refractivity contribution in [2.75, 3.05) is 6.54 Å². The topological polar surface area (TPSA) is 72.5 Å². The van der Waals surface area contributed by atoms with Gasteiger partial charge in [-0.15, -0.1) is 25.6 Å². The number of rotatable bonds is 5. The maximum Gasteiger partial charge on any atom is 0.573 e. The van der Waals surface area contributed by atoms with Crippen molar-refractivity contribution in [3.8, 4) is 5.75 Å². The highest BCUT2D eigenvalue weighted by atomic mass is 35.5. The lowest BCUT2D eigenvalue weighted by molar-refractivity contribution is -0.274. The van der Waals surface area contributed by atoms with Crippen LogP contribution >= 0.6 is 12.4 Å². The molecule has 0 bridgehead atoms. The molecule has 1 rings (SSSR count). The van der Waals surface area contributed by atoms with Gasteiger partial charge in [0.2, 0.25) is 0 Å². The highest BCUT2D eigenvalue weighted by Crippen LogP contribution is 2.24. The van der Waals surface area contributed by atoms with Crippen molar-refractivity contribution in [3.05, 3.63) is 29.8 Å². The largest absolute Gasteiger partial charge is 0.573 e. The Labute approximate surface area is 113 Å². The number of benzene rings is 1. The van der Waals surface area contributed by atoms with E-state index < -0.39 is 18.2 Å². The van der Waals surface area contributed by atoms with E-state index in [1.54, 1.807) is 0 Å². The molecule has 1 aromatic carbocycles. The number of ether oxygens (including phenoxy) is 1. The van der Waals surface area contributed by atoms with Crippen molar-refractivity contribution >= 4 is 18.4 Å². The maximum absolute atomic E-state index is 12.0. The average Bonchev–Trinajstić information content (AvgIpc) is 2.23. The predicted molar refractivity (Wildman–Crippen MR) is 64.3 cm³/mol. The van der Waals surface area contributed by atoms with E-state index in [0.29, 0.717) is 5.56 Å². The zero-order valence-electron chi connectivity index (χ0n) is 9.68. The number of hydrogen-bond acceptors (Lipinski definition) is 3. The molecule has 0 radical (unpaired) electrons. The minimum Gasteiger partial charge on any atom is -0.481 e. The highest BCUT2D eigenvalue weighted by Gasteiger charge is 2.31. The second kappa shape index (κ2) is 7.20. The molecule has 8 heteroatoms. The SMILES string of the molecule is Cl.NC[C@H](Cc1cccc(OC(F)(F)F)c1)C(=O)O. The van der Waals surface area contributed by atoms with E-state index in [9.17, 15) is 18.0 Å². The van der Waals surface area contributed by atoms with E-state index in [1.807, 2.05) is 0 Å². The fourth-order valence-corrected chi connectivity index (χ4v) is 1.43. The minimum atomic E-state index is -4.77. The number of nitrogens with two attached hydrogens (primary N) is 1. The third kappa shape index (κ3) is 6.30. The smallest absolute Gasteiger partial charge is 0.481 e.